The van der Waals surface area contributed by atoms with Crippen LogP contribution >= 0.6 is 0 Å². The number of furan rings is 1. The lowest BCUT2D eigenvalue weighted by Crippen LogP contribution is -2.22. The topological polar surface area (TPSA) is 85.6 Å². The highest BCUT2D eigenvalue weighted by atomic mass is 32.2. The van der Waals surface area contributed by atoms with Gasteiger partial charge in [0.05, 0.1) is 4.90 Å². The van der Waals surface area contributed by atoms with Crippen molar-refractivity contribution in [3.63, 3.8) is 0 Å². The quantitative estimate of drug-likeness (QED) is 0.388. The van der Waals surface area contributed by atoms with Crippen LogP contribution in [0.1, 0.15) is 27.4 Å². The fraction of sp³-hybridized carbons (Fsp3) is 0.115. The number of para-hydroxylation sites is 1. The molecule has 0 aliphatic carbocycles. The average Bonchev–Trinajstić information content (AvgIpc) is 3.31. The van der Waals surface area contributed by atoms with Crippen LogP contribution in [0.5, 0.6) is 5.75 Å². The van der Waals surface area contributed by atoms with E-state index < -0.39 is 15.7 Å². The van der Waals surface area contributed by atoms with Crippen molar-refractivity contribution >= 4 is 15.7 Å². The van der Waals surface area contributed by atoms with Crippen LogP contribution in [0, 0.1) is 0 Å². The van der Waals surface area contributed by atoms with E-state index in [0.29, 0.717) is 13.2 Å². The summed E-state index contributed by atoms with van der Waals surface area (Å²) in [5.74, 6) is 0.377. The molecule has 168 valence electrons. The molecule has 0 spiro atoms. The molecular formula is C26H23NO5S. The summed E-state index contributed by atoms with van der Waals surface area (Å²) in [6.07, 6.45) is 0. The molecule has 0 aliphatic rings. The van der Waals surface area contributed by atoms with Gasteiger partial charge in [-0.15, -0.1) is 0 Å². The molecule has 3 aromatic carbocycles. The van der Waals surface area contributed by atoms with Crippen LogP contribution < -0.4 is 10.1 Å². The minimum absolute atomic E-state index is 0.0705. The predicted molar refractivity (Wildman–Crippen MR) is 124 cm³/mol. The van der Waals surface area contributed by atoms with Gasteiger partial charge in [0.2, 0.25) is 0 Å². The van der Waals surface area contributed by atoms with Crippen LogP contribution in [0.15, 0.2) is 106 Å². The van der Waals surface area contributed by atoms with Crippen molar-refractivity contribution in [1.82, 2.24) is 5.32 Å². The third-order valence-electron chi connectivity index (χ3n) is 4.94. The molecule has 0 atom stereocenters. The van der Waals surface area contributed by atoms with Crippen molar-refractivity contribution in [2.24, 2.45) is 0 Å². The van der Waals surface area contributed by atoms with Gasteiger partial charge in [0.15, 0.2) is 15.6 Å². The maximum absolute atomic E-state index is 12.5. The van der Waals surface area contributed by atoms with Gasteiger partial charge in [0, 0.05) is 6.54 Å². The van der Waals surface area contributed by atoms with E-state index in [-0.39, 0.29) is 22.2 Å². The van der Waals surface area contributed by atoms with E-state index in [9.17, 15) is 13.2 Å². The molecule has 0 radical (unpaired) electrons. The van der Waals surface area contributed by atoms with Gasteiger partial charge >= 0.3 is 0 Å². The van der Waals surface area contributed by atoms with Gasteiger partial charge in [-0.3, -0.25) is 4.79 Å². The molecule has 0 saturated heterocycles. The Morgan fingerprint density at radius 3 is 2.12 bits per heavy atom. The number of nitrogens with one attached hydrogen (secondary N) is 1. The first kappa shape index (κ1) is 22.4. The molecule has 4 rings (SSSR count). The molecule has 7 heteroatoms. The maximum atomic E-state index is 12.5. The number of hydrogen-bond donors (Lipinski definition) is 1. The normalized spacial score (nSPS) is 11.2. The van der Waals surface area contributed by atoms with E-state index in [2.05, 4.69) is 5.32 Å². The Hall–Kier alpha value is -3.84. The Kier molecular flexibility index (Phi) is 6.90. The van der Waals surface area contributed by atoms with Crippen LogP contribution in [-0.2, 0) is 28.7 Å². The van der Waals surface area contributed by atoms with Crippen molar-refractivity contribution in [2.75, 3.05) is 0 Å². The predicted octanol–water partition coefficient (Wildman–Crippen LogP) is 4.76. The summed E-state index contributed by atoms with van der Waals surface area (Å²) in [6.45, 7) is 0.773. The average molecular weight is 462 g/mol. The SMILES string of the molecule is O=C(NCc1ccc(COc2ccccc2)cc1)c1ccc(CS(=O)(=O)c2ccccc2)o1. The smallest absolute Gasteiger partial charge is 0.287 e. The number of amides is 1. The standard InChI is InChI=1S/C26H23NO5S/c28-26(25-16-15-23(32-25)19-33(29,30)24-9-5-2-6-10-24)27-17-20-11-13-21(14-12-20)18-31-22-7-3-1-4-8-22/h1-16H,17-19H2,(H,27,28). The van der Waals surface area contributed by atoms with Gasteiger partial charge in [-0.1, -0.05) is 60.7 Å². The number of sulfone groups is 1. The third-order valence-corrected chi connectivity index (χ3v) is 6.60. The van der Waals surface area contributed by atoms with E-state index in [4.69, 9.17) is 9.15 Å². The van der Waals surface area contributed by atoms with Crippen LogP contribution in [0.4, 0.5) is 0 Å². The van der Waals surface area contributed by atoms with Gasteiger partial charge in [-0.25, -0.2) is 8.42 Å². The molecule has 4 aromatic rings. The van der Waals surface area contributed by atoms with Crippen molar-refractivity contribution in [2.45, 2.75) is 23.8 Å². The third kappa shape index (κ3) is 6.11. The lowest BCUT2D eigenvalue weighted by atomic mass is 10.1. The van der Waals surface area contributed by atoms with Gasteiger partial charge in [0.1, 0.15) is 23.9 Å². The summed E-state index contributed by atoms with van der Waals surface area (Å²) in [5, 5.41) is 2.79. The Labute approximate surface area is 192 Å². The van der Waals surface area contributed by atoms with E-state index in [1.54, 1.807) is 18.2 Å². The molecule has 0 unspecified atom stereocenters. The van der Waals surface area contributed by atoms with E-state index in [1.807, 2.05) is 54.6 Å². The zero-order valence-electron chi connectivity index (χ0n) is 17.8. The van der Waals surface area contributed by atoms with Gasteiger partial charge in [-0.05, 0) is 47.5 Å². The molecular weight excluding hydrogens is 438 g/mol. The minimum atomic E-state index is -3.54. The molecule has 1 aromatic heterocycles. The first-order valence-corrected chi connectivity index (χ1v) is 12.1. The van der Waals surface area contributed by atoms with Gasteiger partial charge in [0.25, 0.3) is 5.91 Å². The molecule has 33 heavy (non-hydrogen) atoms. The highest BCUT2D eigenvalue weighted by molar-refractivity contribution is 7.90. The molecule has 6 nitrogen and oxygen atoms in total. The number of carbonyl (C=O) groups is 1. The fourth-order valence-corrected chi connectivity index (χ4v) is 4.45. The Morgan fingerprint density at radius 1 is 0.788 bits per heavy atom. The summed E-state index contributed by atoms with van der Waals surface area (Å²) >= 11 is 0. The molecule has 1 heterocycles. The Bertz CT molecular complexity index is 1300. The van der Waals surface area contributed by atoms with E-state index >= 15 is 0 Å². The van der Waals surface area contributed by atoms with Gasteiger partial charge < -0.3 is 14.5 Å². The fourth-order valence-electron chi connectivity index (χ4n) is 3.18. The summed E-state index contributed by atoms with van der Waals surface area (Å²) < 4.78 is 36.2. The van der Waals surface area contributed by atoms with Crippen molar-refractivity contribution in [1.29, 1.82) is 0 Å². The molecule has 0 fully saturated rings. The molecule has 0 bridgehead atoms. The van der Waals surface area contributed by atoms with Crippen LogP contribution in [0.3, 0.4) is 0 Å². The second kappa shape index (κ2) is 10.2. The van der Waals surface area contributed by atoms with E-state index in [0.717, 1.165) is 16.9 Å². The van der Waals surface area contributed by atoms with Crippen LogP contribution in [0.2, 0.25) is 0 Å². The highest BCUT2D eigenvalue weighted by Gasteiger charge is 2.19. The molecule has 1 N–H and O–H groups in total. The molecule has 1 amide bonds. The van der Waals surface area contributed by atoms with Gasteiger partial charge in [-0.2, -0.15) is 0 Å². The second-order valence-electron chi connectivity index (χ2n) is 7.44. The number of benzene rings is 3. The zero-order chi connectivity index (χ0) is 23.1. The lowest BCUT2D eigenvalue weighted by molar-refractivity contribution is 0.0921. The first-order valence-electron chi connectivity index (χ1n) is 10.4. The highest BCUT2D eigenvalue weighted by Crippen LogP contribution is 2.18. The van der Waals surface area contributed by atoms with Crippen LogP contribution in [0.25, 0.3) is 0 Å². The van der Waals surface area contributed by atoms with Crippen molar-refractivity contribution < 1.29 is 22.4 Å². The monoisotopic (exact) mass is 461 g/mol. The van der Waals surface area contributed by atoms with E-state index in [1.165, 1.54) is 24.3 Å². The lowest BCUT2D eigenvalue weighted by Gasteiger charge is -2.08. The first-order chi connectivity index (χ1) is 16.0. The summed E-state index contributed by atoms with van der Waals surface area (Å²) in [7, 11) is -3.54. The van der Waals surface area contributed by atoms with Crippen LogP contribution in [-0.4, -0.2) is 14.3 Å². The summed E-state index contributed by atoms with van der Waals surface area (Å²) in [4.78, 5) is 12.6. The van der Waals surface area contributed by atoms with Crippen molar-refractivity contribution in [3.05, 3.63) is 120 Å². The number of ether oxygens (including phenoxy) is 1. The largest absolute Gasteiger partial charge is 0.489 e. The Morgan fingerprint density at radius 2 is 1.42 bits per heavy atom. The molecule has 0 aliphatic heterocycles. The summed E-state index contributed by atoms with van der Waals surface area (Å²) in [5.41, 5.74) is 1.94. The second-order valence-corrected chi connectivity index (χ2v) is 9.43. The summed E-state index contributed by atoms with van der Waals surface area (Å²) in [6, 6.07) is 28.5. The Balaban J connectivity index is 1.29. The number of hydrogen-bond acceptors (Lipinski definition) is 5. The number of carbonyl (C=O) groups excluding carboxylic acids is 1. The minimum Gasteiger partial charge on any atom is -0.489 e. The molecule has 0 saturated carbocycles. The number of rotatable bonds is 9. The maximum Gasteiger partial charge on any atom is 0.287 e. The zero-order valence-corrected chi connectivity index (χ0v) is 18.6. The van der Waals surface area contributed by atoms with Crippen molar-refractivity contribution in [3.8, 4) is 5.75 Å².